The lowest BCUT2D eigenvalue weighted by Gasteiger charge is -1.74. The Bertz CT molecular complexity index is 28.7. The first kappa shape index (κ1) is 9.66. The second kappa shape index (κ2) is 9.06. The van der Waals surface area contributed by atoms with Crippen molar-refractivity contribution >= 4 is 24.0 Å². The van der Waals surface area contributed by atoms with Crippen LogP contribution in [0.2, 0.25) is 0 Å². The van der Waals surface area contributed by atoms with Gasteiger partial charge >= 0.3 is 0 Å². The smallest absolute Gasteiger partial charge is 0.00427 e. The average Bonchev–Trinajstić information content (AvgIpc) is 1.41. The van der Waals surface area contributed by atoms with Crippen LogP contribution in [0.4, 0.5) is 0 Å². The Morgan fingerprint density at radius 1 is 1.67 bits per heavy atom. The van der Waals surface area contributed by atoms with E-state index in [-0.39, 0.29) is 24.0 Å². The van der Waals surface area contributed by atoms with E-state index in [1.165, 1.54) is 0 Å². The van der Waals surface area contributed by atoms with Crippen molar-refractivity contribution in [3.05, 3.63) is 12.7 Å². The maximum atomic E-state index is 5.07. The Morgan fingerprint density at radius 3 is 2.17 bits per heavy atom. The normalized spacial score (nSPS) is 6.17. The minimum Gasteiger partial charge on any atom is -0.330 e. The summed E-state index contributed by atoms with van der Waals surface area (Å²) in [5.74, 6) is 0. The van der Waals surface area contributed by atoms with E-state index >= 15 is 0 Å². The summed E-state index contributed by atoms with van der Waals surface area (Å²) in [6.07, 6.45) is 2.74. The van der Waals surface area contributed by atoms with E-state index in [4.69, 9.17) is 5.73 Å². The van der Waals surface area contributed by atoms with Crippen molar-refractivity contribution in [2.24, 2.45) is 5.73 Å². The first-order valence-corrected chi connectivity index (χ1v) is 1.72. The van der Waals surface area contributed by atoms with Crippen LogP contribution >= 0.6 is 24.0 Å². The topological polar surface area (TPSA) is 26.0 Å². The molecule has 0 fully saturated rings. The van der Waals surface area contributed by atoms with E-state index in [9.17, 15) is 0 Å². The lowest BCUT2D eigenvalue weighted by atomic mass is 10.4. The third kappa shape index (κ3) is 8.83. The average molecular weight is 199 g/mol. The summed E-state index contributed by atoms with van der Waals surface area (Å²) in [4.78, 5) is 0. The van der Waals surface area contributed by atoms with E-state index in [1.807, 2.05) is 0 Å². The molecule has 6 heavy (non-hydrogen) atoms. The van der Waals surface area contributed by atoms with E-state index in [0.29, 0.717) is 0 Å². The number of hydrogen-bond donors (Lipinski definition) is 1. The van der Waals surface area contributed by atoms with Crippen LogP contribution in [-0.4, -0.2) is 6.54 Å². The summed E-state index contributed by atoms with van der Waals surface area (Å²) >= 11 is 0. The Balaban J connectivity index is 0. The van der Waals surface area contributed by atoms with Gasteiger partial charge in [0.15, 0.2) is 0 Å². The molecule has 2 N–H and O–H groups in total. The fraction of sp³-hybridized carbons (Fsp3) is 0.500. The van der Waals surface area contributed by atoms with Crippen LogP contribution in [0, 0.1) is 0 Å². The van der Waals surface area contributed by atoms with Gasteiger partial charge in [0.25, 0.3) is 0 Å². The van der Waals surface area contributed by atoms with Gasteiger partial charge in [0.05, 0.1) is 0 Å². The van der Waals surface area contributed by atoms with Crippen LogP contribution in [0.1, 0.15) is 6.42 Å². The lowest BCUT2D eigenvalue weighted by Crippen LogP contribution is -1.94. The highest BCUT2D eigenvalue weighted by Gasteiger charge is 1.61. The third-order valence-electron chi connectivity index (χ3n) is 0.371. The fourth-order valence-corrected chi connectivity index (χ4v) is 0.118. The molecule has 0 aromatic heterocycles. The molecule has 0 aliphatic heterocycles. The van der Waals surface area contributed by atoms with Gasteiger partial charge in [-0.15, -0.1) is 30.6 Å². The van der Waals surface area contributed by atoms with Gasteiger partial charge in [-0.25, -0.2) is 0 Å². The lowest BCUT2D eigenvalue weighted by molar-refractivity contribution is 1.01. The summed E-state index contributed by atoms with van der Waals surface area (Å²) < 4.78 is 0. The number of halogens is 1. The third-order valence-corrected chi connectivity index (χ3v) is 0.371. The zero-order valence-electron chi connectivity index (χ0n) is 3.68. The van der Waals surface area contributed by atoms with Gasteiger partial charge in [0.1, 0.15) is 0 Å². The SMILES string of the molecule is C=CCCN.I. The van der Waals surface area contributed by atoms with E-state index in [2.05, 4.69) is 6.58 Å². The Kier molecular flexibility index (Phi) is 14.6. The quantitative estimate of drug-likeness (QED) is 0.523. The van der Waals surface area contributed by atoms with E-state index in [0.717, 1.165) is 13.0 Å². The van der Waals surface area contributed by atoms with Gasteiger partial charge in [0, 0.05) is 0 Å². The highest BCUT2D eigenvalue weighted by molar-refractivity contribution is 14.0. The van der Waals surface area contributed by atoms with Gasteiger partial charge in [-0.2, -0.15) is 0 Å². The first-order valence-electron chi connectivity index (χ1n) is 1.72. The van der Waals surface area contributed by atoms with Crippen molar-refractivity contribution in [3.8, 4) is 0 Å². The van der Waals surface area contributed by atoms with Crippen LogP contribution in [0.25, 0.3) is 0 Å². The summed E-state index contributed by atoms with van der Waals surface area (Å²) in [5, 5.41) is 0. The van der Waals surface area contributed by atoms with Crippen LogP contribution in [0.5, 0.6) is 0 Å². The molecule has 0 heterocycles. The molecule has 2 heteroatoms. The molecule has 1 nitrogen and oxygen atoms in total. The molecule has 0 aliphatic carbocycles. The molecule has 0 bridgehead atoms. The number of rotatable bonds is 2. The van der Waals surface area contributed by atoms with Crippen molar-refractivity contribution in [1.29, 1.82) is 0 Å². The summed E-state index contributed by atoms with van der Waals surface area (Å²) in [7, 11) is 0. The molecular weight excluding hydrogens is 189 g/mol. The molecular formula is C4H10IN. The molecule has 0 rings (SSSR count). The van der Waals surface area contributed by atoms with Crippen molar-refractivity contribution in [2.75, 3.05) is 6.54 Å². The van der Waals surface area contributed by atoms with Crippen molar-refractivity contribution < 1.29 is 0 Å². The van der Waals surface area contributed by atoms with Crippen LogP contribution < -0.4 is 5.73 Å². The van der Waals surface area contributed by atoms with Gasteiger partial charge in [-0.3, -0.25) is 0 Å². The van der Waals surface area contributed by atoms with Crippen LogP contribution in [0.3, 0.4) is 0 Å². The molecule has 0 radical (unpaired) electrons. The van der Waals surface area contributed by atoms with Crippen molar-refractivity contribution in [1.82, 2.24) is 0 Å². The second-order valence-electron chi connectivity index (χ2n) is 0.866. The van der Waals surface area contributed by atoms with E-state index < -0.39 is 0 Å². The maximum absolute atomic E-state index is 5.07. The van der Waals surface area contributed by atoms with Crippen molar-refractivity contribution in [2.45, 2.75) is 6.42 Å². The minimum atomic E-state index is 0. The maximum Gasteiger partial charge on any atom is -0.00427 e. The van der Waals surface area contributed by atoms with Gasteiger partial charge < -0.3 is 5.73 Å². The molecule has 0 unspecified atom stereocenters. The zero-order chi connectivity index (χ0) is 4.12. The highest BCUT2D eigenvalue weighted by atomic mass is 127. The second-order valence-corrected chi connectivity index (χ2v) is 0.866. The predicted octanol–water partition coefficient (Wildman–Crippen LogP) is 1.14. The standard InChI is InChI=1S/C4H9N.HI/c1-2-3-4-5;/h2H,1,3-5H2;1H. The Morgan fingerprint density at radius 2 is 2.17 bits per heavy atom. The number of nitrogens with two attached hydrogens (primary N) is 1. The Hall–Kier alpha value is 0.430. The molecule has 0 saturated carbocycles. The minimum absolute atomic E-state index is 0. The summed E-state index contributed by atoms with van der Waals surface area (Å²) in [6, 6.07) is 0. The van der Waals surface area contributed by atoms with Crippen LogP contribution in [0.15, 0.2) is 12.7 Å². The first-order chi connectivity index (χ1) is 2.41. The molecule has 0 atom stereocenters. The van der Waals surface area contributed by atoms with Crippen molar-refractivity contribution in [3.63, 3.8) is 0 Å². The number of hydrogen-bond acceptors (Lipinski definition) is 1. The summed E-state index contributed by atoms with van der Waals surface area (Å²) in [6.45, 7) is 4.20. The molecule has 0 amide bonds. The van der Waals surface area contributed by atoms with Gasteiger partial charge in [0.2, 0.25) is 0 Å². The zero-order valence-corrected chi connectivity index (χ0v) is 6.01. The highest BCUT2D eigenvalue weighted by Crippen LogP contribution is 1.66. The van der Waals surface area contributed by atoms with Crippen LogP contribution in [-0.2, 0) is 0 Å². The molecule has 0 spiro atoms. The molecule has 0 aromatic rings. The van der Waals surface area contributed by atoms with E-state index in [1.54, 1.807) is 6.08 Å². The molecule has 0 aromatic carbocycles. The summed E-state index contributed by atoms with van der Waals surface area (Å²) in [5.41, 5.74) is 5.07. The molecule has 0 saturated heterocycles. The Labute approximate surface area is 55.6 Å². The van der Waals surface area contributed by atoms with Gasteiger partial charge in [-0.05, 0) is 13.0 Å². The predicted molar refractivity (Wildman–Crippen MR) is 39.3 cm³/mol. The monoisotopic (exact) mass is 199 g/mol. The molecule has 0 aliphatic rings. The largest absolute Gasteiger partial charge is 0.330 e. The molecule has 38 valence electrons. The van der Waals surface area contributed by atoms with Gasteiger partial charge in [-0.1, -0.05) is 6.08 Å². The fourth-order valence-electron chi connectivity index (χ4n) is 0.118.